The van der Waals surface area contributed by atoms with E-state index in [2.05, 4.69) is 28.7 Å². The van der Waals surface area contributed by atoms with Gasteiger partial charge >= 0.3 is 0 Å². The highest BCUT2D eigenvalue weighted by molar-refractivity contribution is 5.70. The highest BCUT2D eigenvalue weighted by atomic mass is 16.5. The normalized spacial score (nSPS) is 9.88. The molecule has 0 saturated heterocycles. The summed E-state index contributed by atoms with van der Waals surface area (Å²) in [6.07, 6.45) is 8.57. The Bertz CT molecular complexity index is 604. The molecule has 2 rings (SSSR count). The van der Waals surface area contributed by atoms with Crippen molar-refractivity contribution in [3.8, 4) is 18.6 Å². The molecule has 1 aromatic heterocycles. The molecule has 1 aromatic carbocycles. The molecule has 0 bridgehead atoms. The van der Waals surface area contributed by atoms with Gasteiger partial charge in [-0.05, 0) is 24.1 Å². The van der Waals surface area contributed by atoms with Gasteiger partial charge in [-0.2, -0.15) is 4.98 Å². The second-order valence-electron chi connectivity index (χ2n) is 4.34. The summed E-state index contributed by atoms with van der Waals surface area (Å²) in [6.45, 7) is 5.51. The van der Waals surface area contributed by atoms with E-state index in [4.69, 9.17) is 21.1 Å². The quantitative estimate of drug-likeness (QED) is 0.605. The monoisotopic (exact) mass is 349 g/mol. The molecule has 0 aliphatic rings. The van der Waals surface area contributed by atoms with Crippen LogP contribution in [0.4, 0.5) is 0 Å². The Morgan fingerprint density at radius 3 is 2.16 bits per heavy atom. The van der Waals surface area contributed by atoms with Crippen LogP contribution in [0.3, 0.4) is 0 Å². The van der Waals surface area contributed by atoms with Crippen LogP contribution in [0.1, 0.15) is 44.1 Å². The average molecular weight is 349 g/mol. The molecule has 8 nitrogen and oxygen atoms in total. The number of carbonyl (C=O) groups excluding carboxylic acids is 1. The van der Waals surface area contributed by atoms with Crippen molar-refractivity contribution < 1.29 is 14.4 Å². The van der Waals surface area contributed by atoms with E-state index in [0.29, 0.717) is 18.1 Å². The molecule has 0 aliphatic heterocycles. The van der Waals surface area contributed by atoms with E-state index in [0.717, 1.165) is 5.56 Å². The van der Waals surface area contributed by atoms with Crippen LogP contribution in [-0.2, 0) is 17.8 Å². The summed E-state index contributed by atoms with van der Waals surface area (Å²) in [5.41, 5.74) is 16.8. The van der Waals surface area contributed by atoms with Gasteiger partial charge in [-0.3, -0.25) is 4.79 Å². The first-order valence-corrected chi connectivity index (χ1v) is 7.57. The molecular weight excluding hydrogens is 322 g/mol. The number of aromatic hydroxyl groups is 1. The van der Waals surface area contributed by atoms with E-state index >= 15 is 0 Å². The molecular formula is C17H27N5O3. The second kappa shape index (κ2) is 14.7. The fourth-order valence-electron chi connectivity index (χ4n) is 1.48. The predicted octanol–water partition coefficient (Wildman–Crippen LogP) is 1.24. The second-order valence-corrected chi connectivity index (χ2v) is 4.34. The van der Waals surface area contributed by atoms with Gasteiger partial charge in [-0.15, -0.1) is 12.8 Å². The fraction of sp³-hybridized carbons (Fsp3) is 0.353. The maximum atomic E-state index is 9.22. The van der Waals surface area contributed by atoms with Gasteiger partial charge in [0.1, 0.15) is 5.75 Å². The number of phenolic OH excluding ortho intramolecular Hbond substituents is 1. The number of benzene rings is 1. The van der Waals surface area contributed by atoms with Crippen LogP contribution in [0.5, 0.6) is 5.75 Å². The third-order valence-corrected chi connectivity index (χ3v) is 2.38. The summed E-state index contributed by atoms with van der Waals surface area (Å²) in [5, 5.41) is 12.9. The van der Waals surface area contributed by atoms with Crippen LogP contribution in [-0.4, -0.2) is 21.2 Å². The van der Waals surface area contributed by atoms with E-state index in [1.54, 1.807) is 24.3 Å². The Morgan fingerprint density at radius 2 is 1.76 bits per heavy atom. The lowest BCUT2D eigenvalue weighted by Crippen LogP contribution is -2.15. The zero-order valence-electron chi connectivity index (χ0n) is 14.8. The number of terminal acetylenes is 1. The lowest BCUT2D eigenvalue weighted by molar-refractivity contribution is -0.115. The SMILES string of the molecule is C#C.CC.CC(N)=O.NCc1nc([C@@H](N)Cc2ccc(O)cc2)no1. The molecule has 0 unspecified atom stereocenters. The third-order valence-electron chi connectivity index (χ3n) is 2.38. The number of nitrogens with two attached hydrogens (primary N) is 3. The highest BCUT2D eigenvalue weighted by Gasteiger charge is 2.14. The molecule has 1 amide bonds. The fourth-order valence-corrected chi connectivity index (χ4v) is 1.48. The smallest absolute Gasteiger partial charge is 0.240 e. The van der Waals surface area contributed by atoms with Crippen molar-refractivity contribution in [2.45, 2.75) is 39.8 Å². The molecule has 2 aromatic rings. The summed E-state index contributed by atoms with van der Waals surface area (Å²) in [7, 11) is 0. The Hall–Kier alpha value is -2.89. The van der Waals surface area contributed by atoms with Gasteiger partial charge < -0.3 is 26.8 Å². The molecule has 138 valence electrons. The van der Waals surface area contributed by atoms with E-state index in [9.17, 15) is 4.79 Å². The Labute approximate surface area is 148 Å². The molecule has 0 fully saturated rings. The van der Waals surface area contributed by atoms with Crippen LogP contribution < -0.4 is 17.2 Å². The summed E-state index contributed by atoms with van der Waals surface area (Å²) in [4.78, 5) is 13.3. The lowest BCUT2D eigenvalue weighted by Gasteiger charge is -2.06. The molecule has 1 heterocycles. The highest BCUT2D eigenvalue weighted by Crippen LogP contribution is 2.16. The van der Waals surface area contributed by atoms with Crippen molar-refractivity contribution in [1.82, 2.24) is 10.1 Å². The van der Waals surface area contributed by atoms with E-state index < -0.39 is 0 Å². The molecule has 8 heteroatoms. The molecule has 7 N–H and O–H groups in total. The maximum Gasteiger partial charge on any atom is 0.240 e. The van der Waals surface area contributed by atoms with Crippen molar-refractivity contribution in [3.05, 3.63) is 41.5 Å². The number of phenols is 1. The minimum Gasteiger partial charge on any atom is -0.508 e. The van der Waals surface area contributed by atoms with Gasteiger partial charge in [-0.25, -0.2) is 0 Å². The van der Waals surface area contributed by atoms with Crippen LogP contribution in [0.25, 0.3) is 0 Å². The maximum absolute atomic E-state index is 9.22. The largest absolute Gasteiger partial charge is 0.508 e. The summed E-state index contributed by atoms with van der Waals surface area (Å²) >= 11 is 0. The number of nitrogens with zero attached hydrogens (tertiary/aromatic N) is 2. The van der Waals surface area contributed by atoms with Gasteiger partial charge in [0.25, 0.3) is 0 Å². The Balaban J connectivity index is 0. The number of carbonyl (C=O) groups is 1. The summed E-state index contributed by atoms with van der Waals surface area (Å²) in [6, 6.07) is 6.49. The van der Waals surface area contributed by atoms with Gasteiger partial charge in [0.05, 0.1) is 12.6 Å². The number of hydrogen-bond acceptors (Lipinski definition) is 7. The summed E-state index contributed by atoms with van der Waals surface area (Å²) in [5.74, 6) is 0.715. The molecule has 0 radical (unpaired) electrons. The first-order valence-electron chi connectivity index (χ1n) is 7.57. The van der Waals surface area contributed by atoms with Crippen molar-refractivity contribution >= 4 is 5.91 Å². The molecule has 0 spiro atoms. The van der Waals surface area contributed by atoms with E-state index in [-0.39, 0.29) is 24.2 Å². The van der Waals surface area contributed by atoms with Crippen LogP contribution in [0, 0.1) is 12.8 Å². The predicted molar refractivity (Wildman–Crippen MR) is 97.0 cm³/mol. The van der Waals surface area contributed by atoms with Crippen LogP contribution in [0.15, 0.2) is 28.8 Å². The third kappa shape index (κ3) is 11.3. The zero-order valence-corrected chi connectivity index (χ0v) is 14.8. The van der Waals surface area contributed by atoms with Crippen LogP contribution in [0.2, 0.25) is 0 Å². The van der Waals surface area contributed by atoms with E-state index in [1.165, 1.54) is 6.92 Å². The summed E-state index contributed by atoms with van der Waals surface area (Å²) < 4.78 is 4.89. The van der Waals surface area contributed by atoms with Crippen molar-refractivity contribution in [2.75, 3.05) is 0 Å². The molecule has 0 saturated carbocycles. The number of amides is 1. The Morgan fingerprint density at radius 1 is 1.28 bits per heavy atom. The minimum absolute atomic E-state index is 0.207. The number of hydrogen-bond donors (Lipinski definition) is 4. The van der Waals surface area contributed by atoms with Gasteiger partial charge in [0.15, 0.2) is 5.82 Å². The van der Waals surface area contributed by atoms with Crippen LogP contribution >= 0.6 is 0 Å². The Kier molecular flexibility index (Phi) is 14.3. The molecule has 0 aliphatic carbocycles. The van der Waals surface area contributed by atoms with Crippen molar-refractivity contribution in [1.29, 1.82) is 0 Å². The number of aromatic nitrogens is 2. The van der Waals surface area contributed by atoms with Gasteiger partial charge in [0.2, 0.25) is 11.8 Å². The van der Waals surface area contributed by atoms with Crippen molar-refractivity contribution in [3.63, 3.8) is 0 Å². The first-order chi connectivity index (χ1) is 11.9. The molecule has 1 atom stereocenters. The van der Waals surface area contributed by atoms with Gasteiger partial charge in [0, 0.05) is 6.92 Å². The number of primary amides is 1. The number of rotatable bonds is 4. The molecule has 25 heavy (non-hydrogen) atoms. The van der Waals surface area contributed by atoms with Crippen molar-refractivity contribution in [2.24, 2.45) is 17.2 Å². The topological polar surface area (TPSA) is 154 Å². The minimum atomic E-state index is -0.344. The van der Waals surface area contributed by atoms with E-state index in [1.807, 2.05) is 13.8 Å². The average Bonchev–Trinajstić information content (AvgIpc) is 3.09. The standard InChI is InChI=1S/C11H14N4O2.C2H5NO.C2H6.C2H2/c12-6-10-14-11(15-17-10)9(13)5-7-1-3-8(16)4-2-7;1-2(3)4;2*1-2/h1-4,9,16H,5-6,12-13H2;1H3,(H2,3,4);1-2H3;1-2H/t9-;;;/m0.../s1. The first kappa shape index (κ1) is 24.4. The lowest BCUT2D eigenvalue weighted by atomic mass is 10.1. The van der Waals surface area contributed by atoms with Gasteiger partial charge in [-0.1, -0.05) is 31.1 Å². The zero-order chi connectivity index (χ0) is 19.8.